The third kappa shape index (κ3) is 2.40. The number of carbonyl (C=O) groups is 1. The molecule has 1 atom stereocenters. The predicted molar refractivity (Wildman–Crippen MR) is 52.9 cm³/mol. The van der Waals surface area contributed by atoms with Crippen molar-refractivity contribution in [3.63, 3.8) is 0 Å². The monoisotopic (exact) mass is 192 g/mol. The minimum absolute atomic E-state index is 0.166. The van der Waals surface area contributed by atoms with Crippen molar-refractivity contribution in [3.05, 3.63) is 42.2 Å². The van der Waals surface area contributed by atoms with Gasteiger partial charge in [-0.15, -0.1) is 6.58 Å². The molecule has 0 fully saturated rings. The van der Waals surface area contributed by atoms with E-state index in [2.05, 4.69) is 11.6 Å². The van der Waals surface area contributed by atoms with Crippen LogP contribution in [0.25, 0.3) is 0 Å². The van der Waals surface area contributed by atoms with Crippen molar-refractivity contribution in [2.75, 3.05) is 0 Å². The lowest BCUT2D eigenvalue weighted by Crippen LogP contribution is -2.11. The van der Waals surface area contributed by atoms with E-state index in [1.807, 2.05) is 0 Å². The van der Waals surface area contributed by atoms with Crippen molar-refractivity contribution in [3.8, 4) is 0 Å². The highest BCUT2D eigenvalue weighted by Gasteiger charge is 2.07. The van der Waals surface area contributed by atoms with E-state index in [-0.39, 0.29) is 11.6 Å². The molecule has 14 heavy (non-hydrogen) atoms. The van der Waals surface area contributed by atoms with Crippen LogP contribution in [0.5, 0.6) is 0 Å². The number of pyridine rings is 1. The van der Waals surface area contributed by atoms with Gasteiger partial charge in [-0.3, -0.25) is 4.98 Å². The average Bonchev–Trinajstić information content (AvgIpc) is 2.18. The van der Waals surface area contributed by atoms with Crippen molar-refractivity contribution in [1.82, 2.24) is 4.98 Å². The third-order valence-electron chi connectivity index (χ3n) is 1.83. The molecule has 0 aliphatic carbocycles. The van der Waals surface area contributed by atoms with Crippen LogP contribution in [0.15, 0.2) is 31.0 Å². The summed E-state index contributed by atoms with van der Waals surface area (Å²) < 4.78 is 0. The summed E-state index contributed by atoms with van der Waals surface area (Å²) in [5, 5.41) is 8.63. The van der Waals surface area contributed by atoms with Crippen LogP contribution in [0.1, 0.15) is 28.5 Å². The van der Waals surface area contributed by atoms with E-state index >= 15 is 0 Å². The maximum absolute atomic E-state index is 10.5. The van der Waals surface area contributed by atoms with E-state index in [0.717, 1.165) is 0 Å². The number of hydrogen-bond acceptors (Lipinski definition) is 3. The predicted octanol–water partition coefficient (Wildman–Crippen LogP) is 1.36. The molecule has 4 heteroatoms. The number of hydrogen-bond donors (Lipinski definition) is 2. The van der Waals surface area contributed by atoms with Gasteiger partial charge in [0.15, 0.2) is 0 Å². The van der Waals surface area contributed by atoms with Crippen LogP contribution in [0.3, 0.4) is 0 Å². The summed E-state index contributed by atoms with van der Waals surface area (Å²) in [6.45, 7) is 3.57. The molecule has 4 nitrogen and oxygen atoms in total. The number of aromatic nitrogens is 1. The van der Waals surface area contributed by atoms with Crippen molar-refractivity contribution in [2.24, 2.45) is 5.73 Å². The zero-order chi connectivity index (χ0) is 10.6. The summed E-state index contributed by atoms with van der Waals surface area (Å²) in [6.07, 6.45) is 3.64. The van der Waals surface area contributed by atoms with E-state index in [1.165, 1.54) is 12.3 Å². The summed E-state index contributed by atoms with van der Waals surface area (Å²) in [6, 6.07) is 2.90. The minimum atomic E-state index is -0.985. The fourth-order valence-corrected chi connectivity index (χ4v) is 1.05. The van der Waals surface area contributed by atoms with Gasteiger partial charge in [-0.1, -0.05) is 6.08 Å². The first-order chi connectivity index (χ1) is 6.65. The molecule has 1 aromatic heterocycles. The van der Waals surface area contributed by atoms with Crippen LogP contribution in [-0.4, -0.2) is 16.1 Å². The molecule has 0 spiro atoms. The molecule has 1 heterocycles. The summed E-state index contributed by atoms with van der Waals surface area (Å²) >= 11 is 0. The molecular weight excluding hydrogens is 180 g/mol. The smallest absolute Gasteiger partial charge is 0.337 e. The van der Waals surface area contributed by atoms with Crippen molar-refractivity contribution >= 4 is 5.97 Å². The number of nitrogens with two attached hydrogens (primary N) is 1. The molecular formula is C10H12N2O2. The third-order valence-corrected chi connectivity index (χ3v) is 1.83. The first-order valence-corrected chi connectivity index (χ1v) is 4.21. The molecule has 3 N–H and O–H groups in total. The van der Waals surface area contributed by atoms with Crippen LogP contribution in [-0.2, 0) is 0 Å². The molecule has 0 aromatic carbocycles. The molecule has 0 aliphatic heterocycles. The van der Waals surface area contributed by atoms with Gasteiger partial charge in [0.2, 0.25) is 0 Å². The second-order valence-electron chi connectivity index (χ2n) is 2.91. The summed E-state index contributed by atoms with van der Waals surface area (Å²) in [7, 11) is 0. The molecule has 1 rings (SSSR count). The van der Waals surface area contributed by atoms with Gasteiger partial charge in [0.05, 0.1) is 17.3 Å². The Morgan fingerprint density at radius 2 is 2.43 bits per heavy atom. The summed E-state index contributed by atoms with van der Waals surface area (Å²) in [5.74, 6) is -0.985. The maximum Gasteiger partial charge on any atom is 0.337 e. The molecule has 0 bridgehead atoms. The second kappa shape index (κ2) is 4.53. The van der Waals surface area contributed by atoms with Crippen molar-refractivity contribution in [1.29, 1.82) is 0 Å². The van der Waals surface area contributed by atoms with E-state index < -0.39 is 5.97 Å². The van der Waals surface area contributed by atoms with E-state index in [0.29, 0.717) is 12.1 Å². The van der Waals surface area contributed by atoms with Gasteiger partial charge in [0.25, 0.3) is 0 Å². The van der Waals surface area contributed by atoms with Gasteiger partial charge in [0.1, 0.15) is 0 Å². The SMILES string of the molecule is C=CC[C@@H](N)c1ccc(C(=O)O)cn1. The Kier molecular flexibility index (Phi) is 3.36. The fraction of sp³-hybridized carbons (Fsp3) is 0.200. The Hall–Kier alpha value is -1.68. The largest absolute Gasteiger partial charge is 0.478 e. The number of carboxylic acids is 1. The molecule has 0 amide bonds. The average molecular weight is 192 g/mol. The topological polar surface area (TPSA) is 76.2 Å². The first kappa shape index (κ1) is 10.4. The van der Waals surface area contributed by atoms with Gasteiger partial charge in [0, 0.05) is 6.20 Å². The Labute approximate surface area is 82.1 Å². The first-order valence-electron chi connectivity index (χ1n) is 4.21. The fourth-order valence-electron chi connectivity index (χ4n) is 1.05. The number of carboxylic acid groups (broad SMARTS) is 1. The minimum Gasteiger partial charge on any atom is -0.478 e. The van der Waals surface area contributed by atoms with Crippen LogP contribution >= 0.6 is 0 Å². The number of aromatic carboxylic acids is 1. The van der Waals surface area contributed by atoms with Gasteiger partial charge < -0.3 is 10.8 Å². The summed E-state index contributed by atoms with van der Waals surface area (Å²) in [5.41, 5.74) is 6.59. The van der Waals surface area contributed by atoms with Crippen molar-refractivity contribution in [2.45, 2.75) is 12.5 Å². The molecule has 0 unspecified atom stereocenters. The molecule has 0 aliphatic rings. The number of nitrogens with zero attached hydrogens (tertiary/aromatic N) is 1. The molecule has 0 radical (unpaired) electrons. The Morgan fingerprint density at radius 3 is 2.86 bits per heavy atom. The number of rotatable bonds is 4. The molecule has 1 aromatic rings. The second-order valence-corrected chi connectivity index (χ2v) is 2.91. The van der Waals surface area contributed by atoms with E-state index in [4.69, 9.17) is 10.8 Å². The molecule has 0 saturated carbocycles. The maximum atomic E-state index is 10.5. The highest BCUT2D eigenvalue weighted by Crippen LogP contribution is 2.11. The Morgan fingerprint density at radius 1 is 1.71 bits per heavy atom. The van der Waals surface area contributed by atoms with Crippen LogP contribution in [0, 0.1) is 0 Å². The lowest BCUT2D eigenvalue weighted by molar-refractivity contribution is 0.0696. The van der Waals surface area contributed by atoms with Gasteiger partial charge in [-0.05, 0) is 18.6 Å². The van der Waals surface area contributed by atoms with E-state index in [9.17, 15) is 4.79 Å². The molecule has 74 valence electrons. The highest BCUT2D eigenvalue weighted by atomic mass is 16.4. The quantitative estimate of drug-likeness (QED) is 0.706. The Balaban J connectivity index is 2.82. The van der Waals surface area contributed by atoms with Gasteiger partial charge in [-0.2, -0.15) is 0 Å². The summed E-state index contributed by atoms with van der Waals surface area (Å²) in [4.78, 5) is 14.5. The highest BCUT2D eigenvalue weighted by molar-refractivity contribution is 5.87. The normalized spacial score (nSPS) is 12.1. The van der Waals surface area contributed by atoms with Crippen molar-refractivity contribution < 1.29 is 9.90 Å². The van der Waals surface area contributed by atoms with Crippen LogP contribution < -0.4 is 5.73 Å². The van der Waals surface area contributed by atoms with Crippen LogP contribution in [0.2, 0.25) is 0 Å². The lowest BCUT2D eigenvalue weighted by Gasteiger charge is -2.07. The standard InChI is InChI=1S/C10H12N2O2/c1-2-3-8(11)9-5-4-7(6-12-9)10(13)14/h2,4-6,8H,1,3,11H2,(H,13,14)/t8-/m1/s1. The van der Waals surface area contributed by atoms with Gasteiger partial charge in [-0.25, -0.2) is 4.79 Å². The lowest BCUT2D eigenvalue weighted by atomic mass is 10.1. The zero-order valence-electron chi connectivity index (χ0n) is 7.68. The Bertz CT molecular complexity index is 332. The molecule has 0 saturated heterocycles. The van der Waals surface area contributed by atoms with Gasteiger partial charge >= 0.3 is 5.97 Å². The van der Waals surface area contributed by atoms with E-state index in [1.54, 1.807) is 12.1 Å². The zero-order valence-corrected chi connectivity index (χ0v) is 7.68. The van der Waals surface area contributed by atoms with Crippen LogP contribution in [0.4, 0.5) is 0 Å².